The maximum absolute atomic E-state index is 10.5. The number of hydrogen-bond acceptors (Lipinski definition) is 6. The first-order chi connectivity index (χ1) is 19.4. The molecule has 4 N–H and O–H groups in total. The second kappa shape index (κ2) is 12.3. The number of fused-ring (bicyclic) bond motifs is 5. The molecule has 13 atom stereocenters. The molecule has 6 nitrogen and oxygen atoms in total. The lowest BCUT2D eigenvalue weighted by atomic mass is 9.47. The molecule has 5 aliphatic rings. The van der Waals surface area contributed by atoms with E-state index in [2.05, 4.69) is 53.7 Å². The van der Waals surface area contributed by atoms with Crippen molar-refractivity contribution in [3.8, 4) is 0 Å². The molecule has 234 valence electrons. The van der Waals surface area contributed by atoms with Gasteiger partial charge in [-0.25, -0.2) is 0 Å². The molecule has 0 amide bonds. The molecule has 41 heavy (non-hydrogen) atoms. The Morgan fingerprint density at radius 3 is 2.46 bits per heavy atom. The molecule has 3 saturated carbocycles. The van der Waals surface area contributed by atoms with Crippen molar-refractivity contribution in [3.05, 3.63) is 23.3 Å². The highest BCUT2D eigenvalue weighted by atomic mass is 16.7. The Morgan fingerprint density at radius 2 is 1.78 bits per heavy atom. The van der Waals surface area contributed by atoms with Crippen LogP contribution < -0.4 is 0 Å². The first-order valence-electron chi connectivity index (χ1n) is 16.8. The van der Waals surface area contributed by atoms with Gasteiger partial charge in [0.2, 0.25) is 0 Å². The molecule has 5 rings (SSSR count). The Labute approximate surface area is 248 Å². The summed E-state index contributed by atoms with van der Waals surface area (Å²) < 4.78 is 11.9. The fourth-order valence-corrected chi connectivity index (χ4v) is 10.4. The SMILES string of the molecule is CCC(=CCC(C)C1CCC2C3CC=C4CC(OC5OC(CO)C(O)C(O)C5O)CCC4(C)C3CCC12C)C(C)C. The second-order valence-corrected chi connectivity index (χ2v) is 15.2. The summed E-state index contributed by atoms with van der Waals surface area (Å²) in [5.74, 6) is 4.50. The molecular weight excluding hydrogens is 516 g/mol. The molecule has 6 heteroatoms. The number of allylic oxidation sites excluding steroid dienone is 3. The van der Waals surface area contributed by atoms with Crippen LogP contribution in [-0.2, 0) is 9.47 Å². The van der Waals surface area contributed by atoms with Crippen LogP contribution in [0.1, 0.15) is 106 Å². The molecule has 4 aliphatic carbocycles. The fraction of sp³-hybridized carbons (Fsp3) is 0.886. The van der Waals surface area contributed by atoms with Crippen LogP contribution in [0.2, 0.25) is 0 Å². The molecule has 1 saturated heterocycles. The molecule has 0 aromatic carbocycles. The Balaban J connectivity index is 1.25. The Morgan fingerprint density at radius 1 is 1.02 bits per heavy atom. The van der Waals surface area contributed by atoms with Crippen molar-refractivity contribution < 1.29 is 29.9 Å². The van der Waals surface area contributed by atoms with Crippen LogP contribution in [0.3, 0.4) is 0 Å². The minimum atomic E-state index is -1.40. The minimum Gasteiger partial charge on any atom is -0.394 e. The third kappa shape index (κ3) is 5.64. The lowest BCUT2D eigenvalue weighted by Crippen LogP contribution is -2.60. The summed E-state index contributed by atoms with van der Waals surface area (Å²) in [6.45, 7) is 14.2. The molecule has 0 spiro atoms. The van der Waals surface area contributed by atoms with Gasteiger partial charge in [-0.05, 0) is 111 Å². The van der Waals surface area contributed by atoms with Crippen molar-refractivity contribution in [2.24, 2.45) is 46.3 Å². The summed E-state index contributed by atoms with van der Waals surface area (Å²) in [4.78, 5) is 0. The van der Waals surface area contributed by atoms with Crippen molar-refractivity contribution in [2.75, 3.05) is 6.61 Å². The van der Waals surface area contributed by atoms with Gasteiger partial charge in [0, 0.05) is 0 Å². The van der Waals surface area contributed by atoms with Gasteiger partial charge >= 0.3 is 0 Å². The number of hydrogen-bond donors (Lipinski definition) is 4. The molecule has 0 aromatic rings. The van der Waals surface area contributed by atoms with E-state index in [1.54, 1.807) is 5.57 Å². The summed E-state index contributed by atoms with van der Waals surface area (Å²) >= 11 is 0. The quantitative estimate of drug-likeness (QED) is 0.275. The van der Waals surface area contributed by atoms with Gasteiger partial charge in [-0.2, -0.15) is 0 Å². The van der Waals surface area contributed by atoms with E-state index in [4.69, 9.17) is 9.47 Å². The highest BCUT2D eigenvalue weighted by Gasteiger charge is 2.59. The van der Waals surface area contributed by atoms with Gasteiger partial charge in [0.15, 0.2) is 6.29 Å². The van der Waals surface area contributed by atoms with E-state index >= 15 is 0 Å². The minimum absolute atomic E-state index is 0.107. The first-order valence-corrected chi connectivity index (χ1v) is 16.8. The Bertz CT molecular complexity index is 974. The zero-order valence-electron chi connectivity index (χ0n) is 26.5. The largest absolute Gasteiger partial charge is 0.394 e. The van der Waals surface area contributed by atoms with E-state index in [0.29, 0.717) is 11.3 Å². The van der Waals surface area contributed by atoms with E-state index in [1.807, 2.05) is 0 Å². The number of aliphatic hydroxyl groups is 4. The van der Waals surface area contributed by atoms with Crippen molar-refractivity contribution in [3.63, 3.8) is 0 Å². The summed E-state index contributed by atoms with van der Waals surface area (Å²) in [5.41, 5.74) is 3.75. The lowest BCUT2D eigenvalue weighted by molar-refractivity contribution is -0.313. The summed E-state index contributed by atoms with van der Waals surface area (Å²) in [6, 6.07) is 0. The standard InChI is InChI=1S/C35H58O6/c1-7-22(20(2)3)9-8-21(4)26-12-13-27-25-11-10-23-18-24(14-16-34(23,5)28(25)15-17-35(26,27)6)40-33-32(39)31(38)30(37)29(19-36)41-33/h9-10,20-21,24-33,36-39H,7-8,11-19H2,1-6H3. The monoisotopic (exact) mass is 574 g/mol. The van der Waals surface area contributed by atoms with E-state index in [-0.39, 0.29) is 11.5 Å². The van der Waals surface area contributed by atoms with Crippen LogP contribution in [0.4, 0.5) is 0 Å². The zero-order chi connectivity index (χ0) is 29.7. The number of aliphatic hydroxyl groups excluding tert-OH is 4. The predicted octanol–water partition coefficient (Wildman–Crippen LogP) is 5.77. The maximum atomic E-state index is 10.5. The predicted molar refractivity (Wildman–Crippen MR) is 161 cm³/mol. The summed E-state index contributed by atoms with van der Waals surface area (Å²) in [6.07, 6.45) is 10.6. The highest BCUT2D eigenvalue weighted by molar-refractivity contribution is 5.25. The number of ether oxygens (including phenoxy) is 2. The van der Waals surface area contributed by atoms with Gasteiger partial charge in [0.05, 0.1) is 12.7 Å². The van der Waals surface area contributed by atoms with E-state index < -0.39 is 37.3 Å². The van der Waals surface area contributed by atoms with Gasteiger partial charge in [0.1, 0.15) is 24.4 Å². The van der Waals surface area contributed by atoms with Crippen molar-refractivity contribution in [1.82, 2.24) is 0 Å². The molecule has 13 unspecified atom stereocenters. The van der Waals surface area contributed by atoms with Crippen molar-refractivity contribution in [2.45, 2.75) is 143 Å². The van der Waals surface area contributed by atoms with Crippen LogP contribution >= 0.6 is 0 Å². The molecular formula is C35H58O6. The van der Waals surface area contributed by atoms with Crippen LogP contribution in [0.5, 0.6) is 0 Å². The normalized spacial score (nSPS) is 47.4. The third-order valence-electron chi connectivity index (χ3n) is 12.9. The highest BCUT2D eigenvalue weighted by Crippen LogP contribution is 2.67. The summed E-state index contributed by atoms with van der Waals surface area (Å²) in [5, 5.41) is 40.4. The smallest absolute Gasteiger partial charge is 0.186 e. The van der Waals surface area contributed by atoms with Gasteiger partial charge < -0.3 is 29.9 Å². The molecule has 0 aromatic heterocycles. The van der Waals surface area contributed by atoms with Gasteiger partial charge in [-0.3, -0.25) is 0 Å². The number of rotatable bonds is 8. The molecule has 4 fully saturated rings. The van der Waals surface area contributed by atoms with E-state index in [1.165, 1.54) is 44.1 Å². The van der Waals surface area contributed by atoms with Crippen molar-refractivity contribution in [1.29, 1.82) is 0 Å². The Kier molecular flexibility index (Phi) is 9.51. The topological polar surface area (TPSA) is 99.4 Å². The van der Waals surface area contributed by atoms with Crippen molar-refractivity contribution >= 4 is 0 Å². The molecule has 0 bridgehead atoms. The average Bonchev–Trinajstić information content (AvgIpc) is 3.30. The van der Waals surface area contributed by atoms with Crippen LogP contribution in [0.15, 0.2) is 23.3 Å². The average molecular weight is 575 g/mol. The zero-order valence-corrected chi connectivity index (χ0v) is 26.5. The summed E-state index contributed by atoms with van der Waals surface area (Å²) in [7, 11) is 0. The van der Waals surface area contributed by atoms with E-state index in [0.717, 1.165) is 55.3 Å². The molecule has 1 aliphatic heterocycles. The first kappa shape index (κ1) is 31.7. The third-order valence-corrected chi connectivity index (χ3v) is 12.9. The van der Waals surface area contributed by atoms with Crippen LogP contribution in [-0.4, -0.2) is 63.8 Å². The van der Waals surface area contributed by atoms with Crippen LogP contribution in [0, 0.1) is 46.3 Å². The molecule has 1 heterocycles. The maximum Gasteiger partial charge on any atom is 0.186 e. The molecule has 0 radical (unpaired) electrons. The Hall–Kier alpha value is -0.760. The van der Waals surface area contributed by atoms with Gasteiger partial charge in [-0.1, -0.05) is 64.8 Å². The van der Waals surface area contributed by atoms with Gasteiger partial charge in [-0.15, -0.1) is 0 Å². The second-order valence-electron chi connectivity index (χ2n) is 15.2. The fourth-order valence-electron chi connectivity index (χ4n) is 10.4. The van der Waals surface area contributed by atoms with E-state index in [9.17, 15) is 20.4 Å². The lowest BCUT2D eigenvalue weighted by Gasteiger charge is -2.58. The van der Waals surface area contributed by atoms with Crippen LogP contribution in [0.25, 0.3) is 0 Å². The van der Waals surface area contributed by atoms with Gasteiger partial charge in [0.25, 0.3) is 0 Å².